The summed E-state index contributed by atoms with van der Waals surface area (Å²) >= 11 is 0. The van der Waals surface area contributed by atoms with Gasteiger partial charge >= 0.3 is 12.1 Å². The van der Waals surface area contributed by atoms with Crippen LogP contribution in [0, 0.1) is 0 Å². The minimum Gasteiger partial charge on any atom is -0.461 e. The summed E-state index contributed by atoms with van der Waals surface area (Å²) in [5.41, 5.74) is -0.412. The number of rotatable bonds is 2. The van der Waals surface area contributed by atoms with E-state index in [1.807, 2.05) is 11.8 Å². The molecule has 22 heavy (non-hydrogen) atoms. The highest BCUT2D eigenvalue weighted by atomic mass is 19.4. The van der Waals surface area contributed by atoms with E-state index in [1.54, 1.807) is 0 Å². The molecule has 0 aromatic carbocycles. The number of carbonyl (C=O) groups excluding carboxylic acids is 1. The number of aromatic amines is 1. The maximum atomic E-state index is 12.6. The van der Waals surface area contributed by atoms with Gasteiger partial charge in [0, 0.05) is 24.6 Å². The van der Waals surface area contributed by atoms with Crippen LogP contribution in [0.15, 0.2) is 6.07 Å². The highest BCUT2D eigenvalue weighted by Crippen LogP contribution is 2.33. The predicted molar refractivity (Wildman–Crippen MR) is 71.1 cm³/mol. The monoisotopic (exact) mass is 317 g/mol. The van der Waals surface area contributed by atoms with E-state index in [1.165, 1.54) is 0 Å². The quantitative estimate of drug-likeness (QED) is 0.851. The van der Waals surface area contributed by atoms with Gasteiger partial charge in [-0.2, -0.15) is 18.3 Å². The molecule has 122 valence electrons. The second kappa shape index (κ2) is 5.57. The number of aromatic nitrogens is 2. The molecule has 0 bridgehead atoms. The van der Waals surface area contributed by atoms with Gasteiger partial charge in [-0.05, 0) is 32.4 Å². The topological polar surface area (TPSA) is 58.2 Å². The number of cyclic esters (lactones) is 1. The maximum absolute atomic E-state index is 12.6. The third-order valence-electron chi connectivity index (χ3n) is 4.37. The van der Waals surface area contributed by atoms with Gasteiger partial charge in [0.15, 0.2) is 5.69 Å². The van der Waals surface area contributed by atoms with Crippen molar-refractivity contribution in [3.63, 3.8) is 0 Å². The largest absolute Gasteiger partial charge is 0.461 e. The molecule has 1 N–H and O–H groups in total. The van der Waals surface area contributed by atoms with Gasteiger partial charge in [0.1, 0.15) is 12.1 Å². The van der Waals surface area contributed by atoms with E-state index >= 15 is 0 Å². The molecule has 2 fully saturated rings. The molecule has 0 radical (unpaired) electrons. The second-order valence-corrected chi connectivity index (χ2v) is 6.04. The van der Waals surface area contributed by atoms with E-state index in [0.717, 1.165) is 25.5 Å². The molecule has 1 aromatic rings. The molecule has 2 saturated heterocycles. The lowest BCUT2D eigenvalue weighted by Crippen LogP contribution is -2.44. The zero-order valence-corrected chi connectivity index (χ0v) is 12.2. The number of hydrogen-bond acceptors (Lipinski definition) is 4. The molecule has 0 amide bonds. The Morgan fingerprint density at radius 2 is 2.23 bits per heavy atom. The van der Waals surface area contributed by atoms with E-state index in [2.05, 4.69) is 10.2 Å². The van der Waals surface area contributed by atoms with E-state index in [0.29, 0.717) is 18.7 Å². The zero-order chi connectivity index (χ0) is 15.9. The van der Waals surface area contributed by atoms with E-state index in [-0.39, 0.29) is 24.0 Å². The standard InChI is InChI=1S/C14H18F3N3O2/c1-8-5-11(13(21)22-8)20-4-2-3-9(7-20)10-6-12(19-18-10)14(15,16)17/h6,8-9,11H,2-5,7H2,1H3,(H,18,19)/t8-,9-,11-/m1/s1. The van der Waals surface area contributed by atoms with Crippen LogP contribution in [0.3, 0.4) is 0 Å². The lowest BCUT2D eigenvalue weighted by atomic mass is 9.93. The van der Waals surface area contributed by atoms with Crippen LogP contribution in [-0.2, 0) is 15.7 Å². The summed E-state index contributed by atoms with van der Waals surface area (Å²) in [6.45, 7) is 3.17. The summed E-state index contributed by atoms with van der Waals surface area (Å²) < 4.78 is 43.1. The van der Waals surface area contributed by atoms with Crippen LogP contribution in [0.5, 0.6) is 0 Å². The Bertz CT molecular complexity index is 558. The van der Waals surface area contributed by atoms with Crippen molar-refractivity contribution < 1.29 is 22.7 Å². The number of halogens is 3. The Morgan fingerprint density at radius 1 is 1.45 bits per heavy atom. The van der Waals surface area contributed by atoms with E-state index in [9.17, 15) is 18.0 Å². The van der Waals surface area contributed by atoms with Crippen molar-refractivity contribution in [2.45, 2.75) is 50.4 Å². The fourth-order valence-electron chi connectivity index (χ4n) is 3.27. The number of carbonyl (C=O) groups is 1. The number of likely N-dealkylation sites (tertiary alicyclic amines) is 1. The summed E-state index contributed by atoms with van der Waals surface area (Å²) in [5.74, 6) is -0.296. The van der Waals surface area contributed by atoms with Crippen LogP contribution in [0.1, 0.15) is 43.5 Å². The zero-order valence-electron chi connectivity index (χ0n) is 12.2. The Kier molecular flexibility index (Phi) is 3.88. The fraction of sp³-hybridized carbons (Fsp3) is 0.714. The Labute approximate surface area is 125 Å². The number of H-pyrrole nitrogens is 1. The molecule has 0 unspecified atom stereocenters. The minimum atomic E-state index is -4.44. The molecule has 5 nitrogen and oxygen atoms in total. The van der Waals surface area contributed by atoms with Gasteiger partial charge in [-0.3, -0.25) is 14.8 Å². The average Bonchev–Trinajstić information content (AvgIpc) is 3.05. The summed E-state index contributed by atoms with van der Waals surface area (Å²) in [6.07, 6.45) is -2.27. The van der Waals surface area contributed by atoms with Crippen molar-refractivity contribution in [1.29, 1.82) is 0 Å². The minimum absolute atomic E-state index is 0.0685. The first-order valence-electron chi connectivity index (χ1n) is 7.41. The molecule has 2 aliphatic heterocycles. The van der Waals surface area contributed by atoms with Crippen LogP contribution < -0.4 is 0 Å². The second-order valence-electron chi connectivity index (χ2n) is 6.04. The summed E-state index contributed by atoms with van der Waals surface area (Å²) in [7, 11) is 0. The van der Waals surface area contributed by atoms with Gasteiger partial charge in [0.25, 0.3) is 0 Å². The molecule has 2 aliphatic rings. The molecule has 8 heteroatoms. The Hall–Kier alpha value is -1.57. The highest BCUT2D eigenvalue weighted by molar-refractivity contribution is 5.78. The molecule has 0 saturated carbocycles. The van der Waals surface area contributed by atoms with Gasteiger partial charge < -0.3 is 4.74 Å². The van der Waals surface area contributed by atoms with E-state index < -0.39 is 11.9 Å². The lowest BCUT2D eigenvalue weighted by molar-refractivity contribution is -0.145. The number of hydrogen-bond donors (Lipinski definition) is 1. The van der Waals surface area contributed by atoms with E-state index in [4.69, 9.17) is 4.74 Å². The first kappa shape index (κ1) is 15.3. The number of nitrogens with zero attached hydrogens (tertiary/aromatic N) is 2. The van der Waals surface area contributed by atoms with Crippen molar-refractivity contribution in [1.82, 2.24) is 15.1 Å². The third kappa shape index (κ3) is 2.97. The summed E-state index contributed by atoms with van der Waals surface area (Å²) in [6, 6.07) is 0.798. The van der Waals surface area contributed by atoms with Gasteiger partial charge in [0.05, 0.1) is 0 Å². The SMILES string of the molecule is C[C@@H]1C[C@@H](N2CCC[C@@H](c3cc(C(F)(F)F)n[nH]3)C2)C(=O)O1. The molecule has 3 atom stereocenters. The predicted octanol–water partition coefficient (Wildman–Crippen LogP) is 2.31. The molecular weight excluding hydrogens is 299 g/mol. The molecule has 1 aromatic heterocycles. The third-order valence-corrected chi connectivity index (χ3v) is 4.37. The molecular formula is C14H18F3N3O2. The van der Waals surface area contributed by atoms with Crippen LogP contribution >= 0.6 is 0 Å². The molecule has 3 heterocycles. The van der Waals surface area contributed by atoms with Gasteiger partial charge in [0.2, 0.25) is 0 Å². The number of piperidine rings is 1. The van der Waals surface area contributed by atoms with Gasteiger partial charge in [-0.25, -0.2) is 0 Å². The van der Waals surface area contributed by atoms with Crippen LogP contribution in [0.2, 0.25) is 0 Å². The number of alkyl halides is 3. The van der Waals surface area contributed by atoms with Crippen LogP contribution in [0.4, 0.5) is 13.2 Å². The van der Waals surface area contributed by atoms with Crippen LogP contribution in [0.25, 0.3) is 0 Å². The number of ether oxygens (including phenoxy) is 1. The summed E-state index contributed by atoms with van der Waals surface area (Å²) in [4.78, 5) is 13.9. The molecule has 0 aliphatic carbocycles. The van der Waals surface area contributed by atoms with Crippen molar-refractivity contribution >= 4 is 5.97 Å². The summed E-state index contributed by atoms with van der Waals surface area (Å²) in [5, 5.41) is 5.85. The number of nitrogens with one attached hydrogen (secondary N) is 1. The lowest BCUT2D eigenvalue weighted by Gasteiger charge is -2.34. The first-order chi connectivity index (χ1) is 10.3. The van der Waals surface area contributed by atoms with Crippen LogP contribution in [-0.4, -0.2) is 46.3 Å². The first-order valence-corrected chi connectivity index (χ1v) is 7.41. The average molecular weight is 317 g/mol. The smallest absolute Gasteiger partial charge is 0.435 e. The molecule has 3 rings (SSSR count). The van der Waals surface area contributed by atoms with Gasteiger partial charge in [-0.15, -0.1) is 0 Å². The van der Waals surface area contributed by atoms with Crippen molar-refractivity contribution in [3.8, 4) is 0 Å². The Balaban J connectivity index is 1.71. The van der Waals surface area contributed by atoms with Crippen molar-refractivity contribution in [2.24, 2.45) is 0 Å². The number of esters is 1. The highest BCUT2D eigenvalue weighted by Gasteiger charge is 2.39. The van der Waals surface area contributed by atoms with Gasteiger partial charge in [-0.1, -0.05) is 0 Å². The maximum Gasteiger partial charge on any atom is 0.435 e. The fourth-order valence-corrected chi connectivity index (χ4v) is 3.27. The molecule has 0 spiro atoms. The Morgan fingerprint density at radius 3 is 2.82 bits per heavy atom. The van der Waals surface area contributed by atoms with Crippen molar-refractivity contribution in [3.05, 3.63) is 17.5 Å². The van der Waals surface area contributed by atoms with Crippen molar-refractivity contribution in [2.75, 3.05) is 13.1 Å². The normalized spacial score (nSPS) is 30.5.